The van der Waals surface area contributed by atoms with Gasteiger partial charge in [0, 0.05) is 18.8 Å². The Morgan fingerprint density at radius 3 is 2.28 bits per heavy atom. The van der Waals surface area contributed by atoms with Gasteiger partial charge in [0.15, 0.2) is 0 Å². The molecule has 18 heavy (non-hydrogen) atoms. The van der Waals surface area contributed by atoms with E-state index in [1.165, 1.54) is 11.1 Å². The van der Waals surface area contributed by atoms with E-state index in [9.17, 15) is 4.79 Å². The van der Waals surface area contributed by atoms with Crippen molar-refractivity contribution in [1.29, 1.82) is 0 Å². The highest BCUT2D eigenvalue weighted by Crippen LogP contribution is 2.28. The van der Waals surface area contributed by atoms with Crippen LogP contribution in [0.1, 0.15) is 21.5 Å². The normalized spacial score (nSPS) is 13.4. The SMILES string of the molecule is O=C(O)c1cccc(N2Cc3ccccc3C2)c1. The Morgan fingerprint density at radius 2 is 1.67 bits per heavy atom. The molecule has 0 unspecified atom stereocenters. The lowest BCUT2D eigenvalue weighted by Crippen LogP contribution is -2.14. The van der Waals surface area contributed by atoms with Gasteiger partial charge in [-0.15, -0.1) is 0 Å². The standard InChI is InChI=1S/C15H13NO2/c17-15(18)11-6-3-7-14(8-11)16-9-12-4-1-2-5-13(12)10-16/h1-8H,9-10H2,(H,17,18). The zero-order valence-electron chi connectivity index (χ0n) is 9.84. The van der Waals surface area contributed by atoms with E-state index in [1.807, 2.05) is 18.2 Å². The van der Waals surface area contributed by atoms with Crippen LogP contribution in [0.2, 0.25) is 0 Å². The average molecular weight is 239 g/mol. The number of nitrogens with zero attached hydrogens (tertiary/aromatic N) is 1. The highest BCUT2D eigenvalue weighted by molar-refractivity contribution is 5.88. The third kappa shape index (κ3) is 1.84. The first-order valence-corrected chi connectivity index (χ1v) is 5.89. The van der Waals surface area contributed by atoms with E-state index in [2.05, 4.69) is 17.0 Å². The number of carboxylic acids is 1. The van der Waals surface area contributed by atoms with Crippen LogP contribution in [0.4, 0.5) is 5.69 Å². The zero-order valence-corrected chi connectivity index (χ0v) is 9.84. The van der Waals surface area contributed by atoms with Crippen LogP contribution < -0.4 is 4.90 Å². The molecular weight excluding hydrogens is 226 g/mol. The molecule has 1 aliphatic rings. The predicted molar refractivity (Wildman–Crippen MR) is 69.7 cm³/mol. The number of benzene rings is 2. The van der Waals surface area contributed by atoms with E-state index < -0.39 is 5.97 Å². The third-order valence-corrected chi connectivity index (χ3v) is 3.30. The van der Waals surface area contributed by atoms with Gasteiger partial charge in [-0.25, -0.2) is 4.79 Å². The third-order valence-electron chi connectivity index (χ3n) is 3.30. The van der Waals surface area contributed by atoms with Gasteiger partial charge in [-0.2, -0.15) is 0 Å². The molecule has 0 spiro atoms. The maximum atomic E-state index is 11.0. The molecule has 0 saturated carbocycles. The van der Waals surface area contributed by atoms with Crippen LogP contribution in [-0.2, 0) is 13.1 Å². The summed E-state index contributed by atoms with van der Waals surface area (Å²) in [5.41, 5.74) is 3.94. The molecule has 1 heterocycles. The molecule has 2 aromatic rings. The molecule has 3 nitrogen and oxygen atoms in total. The summed E-state index contributed by atoms with van der Waals surface area (Å²) in [6.45, 7) is 1.69. The molecule has 0 aliphatic carbocycles. The van der Waals surface area contributed by atoms with Crippen molar-refractivity contribution < 1.29 is 9.90 Å². The molecule has 0 fully saturated rings. The van der Waals surface area contributed by atoms with E-state index in [1.54, 1.807) is 18.2 Å². The summed E-state index contributed by atoms with van der Waals surface area (Å²) < 4.78 is 0. The zero-order chi connectivity index (χ0) is 12.5. The summed E-state index contributed by atoms with van der Waals surface area (Å²) in [6.07, 6.45) is 0. The maximum Gasteiger partial charge on any atom is 0.335 e. The van der Waals surface area contributed by atoms with Crippen molar-refractivity contribution in [2.45, 2.75) is 13.1 Å². The van der Waals surface area contributed by atoms with Crippen LogP contribution >= 0.6 is 0 Å². The lowest BCUT2D eigenvalue weighted by Gasteiger charge is -2.18. The van der Waals surface area contributed by atoms with E-state index in [-0.39, 0.29) is 0 Å². The van der Waals surface area contributed by atoms with Crippen molar-refractivity contribution in [2.75, 3.05) is 4.90 Å². The molecule has 0 bridgehead atoms. The lowest BCUT2D eigenvalue weighted by molar-refractivity contribution is 0.0697. The topological polar surface area (TPSA) is 40.5 Å². The number of hydrogen-bond acceptors (Lipinski definition) is 2. The Morgan fingerprint density at radius 1 is 1.00 bits per heavy atom. The number of anilines is 1. The van der Waals surface area contributed by atoms with Crippen molar-refractivity contribution >= 4 is 11.7 Å². The average Bonchev–Trinajstić information content (AvgIpc) is 2.82. The molecule has 2 aromatic carbocycles. The molecular formula is C15H13NO2. The second-order valence-electron chi connectivity index (χ2n) is 4.48. The molecule has 0 aromatic heterocycles. The van der Waals surface area contributed by atoms with Crippen LogP contribution in [0, 0.1) is 0 Å². The minimum absolute atomic E-state index is 0.337. The first-order valence-electron chi connectivity index (χ1n) is 5.89. The summed E-state index contributed by atoms with van der Waals surface area (Å²) in [5.74, 6) is -0.881. The first kappa shape index (κ1) is 10.8. The van der Waals surface area contributed by atoms with E-state index >= 15 is 0 Å². The quantitative estimate of drug-likeness (QED) is 0.876. The largest absolute Gasteiger partial charge is 0.478 e. The number of rotatable bonds is 2. The van der Waals surface area contributed by atoms with Gasteiger partial charge in [0.25, 0.3) is 0 Å². The number of carbonyl (C=O) groups is 1. The van der Waals surface area contributed by atoms with Gasteiger partial charge in [-0.05, 0) is 29.3 Å². The first-order chi connectivity index (χ1) is 8.74. The molecule has 3 rings (SSSR count). The van der Waals surface area contributed by atoms with Crippen LogP contribution in [0.3, 0.4) is 0 Å². The highest BCUT2D eigenvalue weighted by atomic mass is 16.4. The van der Waals surface area contributed by atoms with Crippen LogP contribution in [0.15, 0.2) is 48.5 Å². The maximum absolute atomic E-state index is 11.0. The molecule has 3 heteroatoms. The minimum Gasteiger partial charge on any atom is -0.478 e. The van der Waals surface area contributed by atoms with Gasteiger partial charge in [-0.3, -0.25) is 0 Å². The number of fused-ring (bicyclic) bond motifs is 1. The van der Waals surface area contributed by atoms with Crippen molar-refractivity contribution in [3.63, 3.8) is 0 Å². The fourth-order valence-corrected chi connectivity index (χ4v) is 2.35. The van der Waals surface area contributed by atoms with Gasteiger partial charge in [0.2, 0.25) is 0 Å². The van der Waals surface area contributed by atoms with Crippen LogP contribution in [0.5, 0.6) is 0 Å². The van der Waals surface area contributed by atoms with Crippen molar-refractivity contribution in [3.8, 4) is 0 Å². The monoisotopic (exact) mass is 239 g/mol. The van der Waals surface area contributed by atoms with Gasteiger partial charge >= 0.3 is 5.97 Å². The summed E-state index contributed by atoms with van der Waals surface area (Å²) in [5, 5.41) is 9.01. The summed E-state index contributed by atoms with van der Waals surface area (Å²) in [6, 6.07) is 15.4. The van der Waals surface area contributed by atoms with E-state index in [0.717, 1.165) is 18.8 Å². The number of aromatic carboxylic acids is 1. The Balaban J connectivity index is 1.90. The summed E-state index contributed by atoms with van der Waals surface area (Å²) in [7, 11) is 0. The lowest BCUT2D eigenvalue weighted by atomic mass is 10.1. The smallest absolute Gasteiger partial charge is 0.335 e. The van der Waals surface area contributed by atoms with Crippen molar-refractivity contribution in [1.82, 2.24) is 0 Å². The molecule has 0 radical (unpaired) electrons. The molecule has 1 aliphatic heterocycles. The fourth-order valence-electron chi connectivity index (χ4n) is 2.35. The Kier molecular flexibility index (Phi) is 2.52. The van der Waals surface area contributed by atoms with Gasteiger partial charge in [0.05, 0.1) is 5.56 Å². The molecule has 1 N–H and O–H groups in total. The van der Waals surface area contributed by atoms with Crippen LogP contribution in [-0.4, -0.2) is 11.1 Å². The Bertz CT molecular complexity index is 582. The number of hydrogen-bond donors (Lipinski definition) is 1. The highest BCUT2D eigenvalue weighted by Gasteiger charge is 2.19. The molecule has 0 atom stereocenters. The Labute approximate surface area is 105 Å². The number of carboxylic acid groups (broad SMARTS) is 1. The fraction of sp³-hybridized carbons (Fsp3) is 0.133. The molecule has 0 amide bonds. The summed E-state index contributed by atoms with van der Waals surface area (Å²) in [4.78, 5) is 13.2. The van der Waals surface area contributed by atoms with E-state index in [0.29, 0.717) is 5.56 Å². The van der Waals surface area contributed by atoms with Crippen LogP contribution in [0.25, 0.3) is 0 Å². The Hall–Kier alpha value is -2.29. The van der Waals surface area contributed by atoms with Crippen molar-refractivity contribution in [3.05, 3.63) is 65.2 Å². The van der Waals surface area contributed by atoms with Crippen molar-refractivity contribution in [2.24, 2.45) is 0 Å². The second-order valence-corrected chi connectivity index (χ2v) is 4.48. The second kappa shape index (κ2) is 4.18. The predicted octanol–water partition coefficient (Wildman–Crippen LogP) is 2.91. The summed E-state index contributed by atoms with van der Waals surface area (Å²) >= 11 is 0. The van der Waals surface area contributed by atoms with Gasteiger partial charge < -0.3 is 10.0 Å². The molecule has 90 valence electrons. The van der Waals surface area contributed by atoms with Gasteiger partial charge in [-0.1, -0.05) is 30.3 Å². The van der Waals surface area contributed by atoms with Gasteiger partial charge in [0.1, 0.15) is 0 Å². The van der Waals surface area contributed by atoms with E-state index in [4.69, 9.17) is 5.11 Å². The minimum atomic E-state index is -0.881. The molecule has 0 saturated heterocycles.